The van der Waals surface area contributed by atoms with Crippen LogP contribution in [0.2, 0.25) is 0 Å². The molecule has 1 saturated heterocycles. The number of nitro groups is 1. The molecule has 2 aromatic rings. The summed E-state index contributed by atoms with van der Waals surface area (Å²) in [5, 5.41) is 14.0. The first-order valence-corrected chi connectivity index (χ1v) is 9.12. The number of piperazine rings is 1. The van der Waals surface area contributed by atoms with Gasteiger partial charge in [-0.05, 0) is 29.8 Å². The van der Waals surface area contributed by atoms with Crippen LogP contribution in [0.3, 0.4) is 0 Å². The van der Waals surface area contributed by atoms with Crippen molar-refractivity contribution < 1.29 is 14.5 Å². The largest absolute Gasteiger partial charge is 0.497 e. The Morgan fingerprint density at radius 2 is 1.82 bits per heavy atom. The van der Waals surface area contributed by atoms with Gasteiger partial charge in [0.25, 0.3) is 11.6 Å². The Balaban J connectivity index is 1.60. The van der Waals surface area contributed by atoms with Crippen molar-refractivity contribution in [2.75, 3.05) is 45.7 Å². The van der Waals surface area contributed by atoms with Gasteiger partial charge in [0.1, 0.15) is 11.4 Å². The number of nitro benzene ring substituents is 1. The van der Waals surface area contributed by atoms with Gasteiger partial charge in [-0.15, -0.1) is 0 Å². The normalized spacial score (nSPS) is 14.6. The third-order valence-electron chi connectivity index (χ3n) is 4.94. The SMILES string of the molecule is CNc1ccc(C(=O)N2CCN(Cc3ccc(OC)cc3)CC2)cc1[N+](=O)[O-]. The maximum Gasteiger partial charge on any atom is 0.293 e. The number of nitrogens with one attached hydrogen (secondary N) is 1. The molecular formula is C20H24N4O4. The molecule has 1 fully saturated rings. The summed E-state index contributed by atoms with van der Waals surface area (Å²) < 4.78 is 5.18. The van der Waals surface area contributed by atoms with Gasteiger partial charge >= 0.3 is 0 Å². The number of methoxy groups -OCH3 is 1. The standard InChI is InChI=1S/C20H24N4O4/c1-21-18-8-5-16(13-19(18)24(26)27)20(25)23-11-9-22(10-12-23)14-15-3-6-17(28-2)7-4-15/h3-8,13,21H,9-12,14H2,1-2H3. The zero-order valence-electron chi connectivity index (χ0n) is 16.1. The first kappa shape index (κ1) is 19.6. The van der Waals surface area contributed by atoms with Crippen LogP contribution >= 0.6 is 0 Å². The summed E-state index contributed by atoms with van der Waals surface area (Å²) in [5.74, 6) is 0.660. The van der Waals surface area contributed by atoms with Crippen LogP contribution < -0.4 is 10.1 Å². The van der Waals surface area contributed by atoms with Crippen molar-refractivity contribution in [3.63, 3.8) is 0 Å². The van der Waals surface area contributed by atoms with Gasteiger partial charge in [-0.1, -0.05) is 12.1 Å². The molecule has 0 saturated carbocycles. The second-order valence-electron chi connectivity index (χ2n) is 6.66. The van der Waals surface area contributed by atoms with Crippen LogP contribution in [0, 0.1) is 10.1 Å². The van der Waals surface area contributed by atoms with Crippen LogP contribution in [0.15, 0.2) is 42.5 Å². The quantitative estimate of drug-likeness (QED) is 0.608. The van der Waals surface area contributed by atoms with E-state index in [0.717, 1.165) is 25.4 Å². The smallest absolute Gasteiger partial charge is 0.293 e. The van der Waals surface area contributed by atoms with Crippen molar-refractivity contribution in [2.45, 2.75) is 6.54 Å². The van der Waals surface area contributed by atoms with Gasteiger partial charge in [-0.3, -0.25) is 19.8 Å². The molecule has 1 amide bonds. The van der Waals surface area contributed by atoms with Gasteiger partial charge < -0.3 is 15.0 Å². The topological polar surface area (TPSA) is 88.0 Å². The van der Waals surface area contributed by atoms with E-state index in [1.54, 1.807) is 31.2 Å². The second kappa shape index (κ2) is 8.71. The van der Waals surface area contributed by atoms with E-state index < -0.39 is 4.92 Å². The molecule has 0 spiro atoms. The minimum absolute atomic E-state index is 0.0912. The summed E-state index contributed by atoms with van der Waals surface area (Å²) in [6, 6.07) is 12.5. The lowest BCUT2D eigenvalue weighted by molar-refractivity contribution is -0.384. The summed E-state index contributed by atoms with van der Waals surface area (Å²) in [5.41, 5.74) is 1.84. The molecule has 2 aromatic carbocycles. The molecule has 1 heterocycles. The van der Waals surface area contributed by atoms with E-state index in [9.17, 15) is 14.9 Å². The van der Waals surface area contributed by atoms with Crippen LogP contribution in [-0.2, 0) is 6.54 Å². The highest BCUT2D eigenvalue weighted by molar-refractivity contribution is 5.95. The van der Waals surface area contributed by atoms with Crippen molar-refractivity contribution in [1.82, 2.24) is 9.80 Å². The van der Waals surface area contributed by atoms with Gasteiger partial charge in [0.05, 0.1) is 12.0 Å². The van der Waals surface area contributed by atoms with E-state index in [1.165, 1.54) is 11.6 Å². The van der Waals surface area contributed by atoms with Crippen molar-refractivity contribution >= 4 is 17.3 Å². The molecule has 148 valence electrons. The molecule has 1 aliphatic heterocycles. The van der Waals surface area contributed by atoms with Crippen molar-refractivity contribution in [2.24, 2.45) is 0 Å². The van der Waals surface area contributed by atoms with Crippen molar-refractivity contribution in [3.05, 3.63) is 63.7 Å². The molecule has 8 heteroatoms. The van der Waals surface area contributed by atoms with E-state index in [-0.39, 0.29) is 11.6 Å². The summed E-state index contributed by atoms with van der Waals surface area (Å²) >= 11 is 0. The minimum Gasteiger partial charge on any atom is -0.497 e. The fourth-order valence-corrected chi connectivity index (χ4v) is 3.31. The second-order valence-corrected chi connectivity index (χ2v) is 6.66. The number of carbonyl (C=O) groups excluding carboxylic acids is 1. The van der Waals surface area contributed by atoms with Gasteiger partial charge in [-0.25, -0.2) is 0 Å². The van der Waals surface area contributed by atoms with E-state index in [2.05, 4.69) is 10.2 Å². The number of rotatable bonds is 6. The Bertz CT molecular complexity index is 846. The Labute approximate surface area is 163 Å². The molecule has 8 nitrogen and oxygen atoms in total. The molecule has 0 unspecified atom stereocenters. The van der Waals surface area contributed by atoms with Gasteiger partial charge in [0.2, 0.25) is 0 Å². The summed E-state index contributed by atoms with van der Waals surface area (Å²) in [4.78, 5) is 27.5. The third kappa shape index (κ3) is 4.40. The van der Waals surface area contributed by atoms with Gasteiger partial charge in [0, 0.05) is 51.4 Å². The number of nitrogens with zero attached hydrogens (tertiary/aromatic N) is 3. The maximum atomic E-state index is 12.8. The highest BCUT2D eigenvalue weighted by Gasteiger charge is 2.24. The van der Waals surface area contributed by atoms with E-state index in [1.807, 2.05) is 24.3 Å². The Morgan fingerprint density at radius 1 is 1.14 bits per heavy atom. The van der Waals surface area contributed by atoms with E-state index in [4.69, 9.17) is 4.74 Å². The number of ether oxygens (including phenoxy) is 1. The first-order valence-electron chi connectivity index (χ1n) is 9.12. The predicted octanol–water partition coefficient (Wildman–Crippen LogP) is 2.60. The third-order valence-corrected chi connectivity index (χ3v) is 4.94. The van der Waals surface area contributed by atoms with Gasteiger partial charge in [-0.2, -0.15) is 0 Å². The average Bonchev–Trinajstić information content (AvgIpc) is 2.73. The Hall–Kier alpha value is -3.13. The zero-order valence-corrected chi connectivity index (χ0v) is 16.1. The lowest BCUT2D eigenvalue weighted by atomic mass is 10.1. The molecule has 3 rings (SSSR count). The lowest BCUT2D eigenvalue weighted by Gasteiger charge is -2.34. The highest BCUT2D eigenvalue weighted by Crippen LogP contribution is 2.26. The number of hydrogen-bond donors (Lipinski definition) is 1. The molecule has 0 radical (unpaired) electrons. The number of anilines is 1. The number of carbonyl (C=O) groups is 1. The van der Waals surface area contributed by atoms with Crippen molar-refractivity contribution in [3.8, 4) is 5.75 Å². The van der Waals surface area contributed by atoms with E-state index >= 15 is 0 Å². The zero-order chi connectivity index (χ0) is 20.1. The maximum absolute atomic E-state index is 12.8. The molecule has 28 heavy (non-hydrogen) atoms. The molecule has 1 aliphatic rings. The predicted molar refractivity (Wildman–Crippen MR) is 107 cm³/mol. The number of amides is 1. The fourth-order valence-electron chi connectivity index (χ4n) is 3.31. The summed E-state index contributed by atoms with van der Waals surface area (Å²) in [6.45, 7) is 3.52. The van der Waals surface area contributed by atoms with Crippen molar-refractivity contribution in [1.29, 1.82) is 0 Å². The number of benzene rings is 2. The summed E-state index contributed by atoms with van der Waals surface area (Å²) in [7, 11) is 3.26. The van der Waals surface area contributed by atoms with Crippen LogP contribution in [-0.4, -0.2) is 61.0 Å². The highest BCUT2D eigenvalue weighted by atomic mass is 16.6. The van der Waals surface area contributed by atoms with Crippen LogP contribution in [0.5, 0.6) is 5.75 Å². The van der Waals surface area contributed by atoms with Crippen LogP contribution in [0.25, 0.3) is 0 Å². The molecule has 0 atom stereocenters. The average molecular weight is 384 g/mol. The number of hydrogen-bond acceptors (Lipinski definition) is 6. The minimum atomic E-state index is -0.477. The Kier molecular flexibility index (Phi) is 6.10. The monoisotopic (exact) mass is 384 g/mol. The Morgan fingerprint density at radius 3 is 2.39 bits per heavy atom. The van der Waals surface area contributed by atoms with Crippen LogP contribution in [0.1, 0.15) is 15.9 Å². The molecule has 0 aromatic heterocycles. The lowest BCUT2D eigenvalue weighted by Crippen LogP contribution is -2.48. The molecule has 0 aliphatic carbocycles. The molecule has 0 bridgehead atoms. The first-order chi connectivity index (χ1) is 13.5. The van der Waals surface area contributed by atoms with Gasteiger partial charge in [0.15, 0.2) is 0 Å². The fraction of sp³-hybridized carbons (Fsp3) is 0.350. The van der Waals surface area contributed by atoms with E-state index in [0.29, 0.717) is 24.3 Å². The van der Waals surface area contributed by atoms with Crippen LogP contribution in [0.4, 0.5) is 11.4 Å². The molecule has 1 N–H and O–H groups in total. The summed E-state index contributed by atoms with van der Waals surface area (Å²) in [6.07, 6.45) is 0. The molecular weight excluding hydrogens is 360 g/mol.